The zero-order valence-corrected chi connectivity index (χ0v) is 21.6. The fourth-order valence-corrected chi connectivity index (χ4v) is 6.00. The average molecular weight is 547 g/mol. The van der Waals surface area contributed by atoms with Gasteiger partial charge in [0.1, 0.15) is 11.4 Å². The summed E-state index contributed by atoms with van der Waals surface area (Å²) in [6, 6.07) is 25.4. The molecule has 0 bridgehead atoms. The third kappa shape index (κ3) is 5.23. The molecule has 0 aliphatic carbocycles. The van der Waals surface area contributed by atoms with Crippen LogP contribution < -0.4 is 5.32 Å². The molecule has 2 heterocycles. The van der Waals surface area contributed by atoms with Crippen LogP contribution in [0.5, 0.6) is 0 Å². The largest absolute Gasteiger partial charge is 0.451 e. The molecule has 3 atom stereocenters. The molecule has 2 unspecified atom stereocenters. The lowest BCUT2D eigenvalue weighted by Crippen LogP contribution is -2.74. The minimum atomic E-state index is -1.32. The predicted molar refractivity (Wildman–Crippen MR) is 144 cm³/mol. The Kier molecular flexibility index (Phi) is 7.62. The number of ether oxygens (including phenoxy) is 1. The quantitative estimate of drug-likeness (QED) is 0.261. The molecule has 2 aliphatic rings. The zero-order chi connectivity index (χ0) is 26.6. The van der Waals surface area contributed by atoms with Gasteiger partial charge in [-0.05, 0) is 33.7 Å². The number of halogens is 1. The van der Waals surface area contributed by atoms with Gasteiger partial charge in [-0.25, -0.2) is 4.79 Å². The number of thioether (sulfide) groups is 1. The smallest absolute Gasteiger partial charge is 0.334 e. The van der Waals surface area contributed by atoms with Gasteiger partial charge in [-0.3, -0.25) is 14.4 Å². The summed E-state index contributed by atoms with van der Waals surface area (Å²) >= 11 is 6.98. The highest BCUT2D eigenvalue weighted by Crippen LogP contribution is 2.41. The van der Waals surface area contributed by atoms with Crippen molar-refractivity contribution in [2.24, 2.45) is 0 Å². The minimum absolute atomic E-state index is 0.0415. The van der Waals surface area contributed by atoms with E-state index in [0.29, 0.717) is 0 Å². The van der Waals surface area contributed by atoms with E-state index in [4.69, 9.17) is 16.3 Å². The number of fused-ring (bicyclic) bond motifs is 1. The van der Waals surface area contributed by atoms with Crippen molar-refractivity contribution in [1.29, 1.82) is 0 Å². The Morgan fingerprint density at radius 3 is 2.00 bits per heavy atom. The van der Waals surface area contributed by atoms with E-state index in [1.165, 1.54) is 10.3 Å². The first-order chi connectivity index (χ1) is 18.4. The molecular weight excluding hydrogens is 524 g/mol. The first kappa shape index (κ1) is 25.8. The summed E-state index contributed by atoms with van der Waals surface area (Å²) in [5.41, 5.74) is 2.24. The Morgan fingerprint density at radius 2 is 1.45 bits per heavy atom. The maximum absolute atomic E-state index is 13.6. The van der Waals surface area contributed by atoms with Crippen LogP contribution in [0.4, 0.5) is 0 Å². The van der Waals surface area contributed by atoms with E-state index in [0.717, 1.165) is 28.5 Å². The maximum Gasteiger partial charge on any atom is 0.334 e. The third-order valence-electron chi connectivity index (χ3n) is 6.40. The zero-order valence-electron chi connectivity index (χ0n) is 20.0. The summed E-state index contributed by atoms with van der Waals surface area (Å²) in [5, 5.41) is 2.81. The summed E-state index contributed by atoms with van der Waals surface area (Å²) in [6.45, 7) is 0. The van der Waals surface area contributed by atoms with E-state index < -0.39 is 40.7 Å². The lowest BCUT2D eigenvalue weighted by Gasteiger charge is -2.51. The highest BCUT2D eigenvalue weighted by atomic mass is 35.5. The van der Waals surface area contributed by atoms with Gasteiger partial charge >= 0.3 is 5.97 Å². The number of β-lactam (4-membered cyclic amide) rings is 1. The summed E-state index contributed by atoms with van der Waals surface area (Å²) < 4.78 is 5.96. The molecule has 5 rings (SSSR count). The Hall–Kier alpha value is -3.88. The second-order valence-electron chi connectivity index (χ2n) is 8.87. The van der Waals surface area contributed by atoms with Crippen LogP contribution in [0.25, 0.3) is 0 Å². The Bertz CT molecular complexity index is 1340. The van der Waals surface area contributed by atoms with Crippen LogP contribution in [0, 0.1) is 0 Å². The monoisotopic (exact) mass is 546 g/mol. The molecule has 0 aromatic heterocycles. The number of carbonyl (C=O) groups is 4. The molecular formula is C29H23ClN2O5S. The normalized spacial score (nSPS) is 20.2. The van der Waals surface area contributed by atoms with Crippen LogP contribution in [0.2, 0.25) is 0 Å². The number of benzene rings is 3. The molecule has 3 aromatic rings. The van der Waals surface area contributed by atoms with Gasteiger partial charge in [-0.1, -0.05) is 91.0 Å². The van der Waals surface area contributed by atoms with E-state index in [-0.39, 0.29) is 17.9 Å². The molecule has 0 spiro atoms. The standard InChI is InChI=1S/C29H23ClN2O5S/c30-26(34)21-17-38-28-23(31-22(33)16-18-10-4-1-5-11-18)27(35)32(28)24(21)29(36)37-25(19-12-6-2-7-13-19)20-14-8-3-9-15-20/h1-15,17,23-25,28H,16H2,(H,31,33)/t23?,24?,28-/m0/s1. The van der Waals surface area contributed by atoms with Crippen LogP contribution >= 0.6 is 23.4 Å². The molecule has 38 heavy (non-hydrogen) atoms. The van der Waals surface area contributed by atoms with E-state index in [1.54, 1.807) is 0 Å². The van der Waals surface area contributed by atoms with Crippen LogP contribution in [-0.4, -0.2) is 45.4 Å². The number of amides is 2. The number of hydrogen-bond acceptors (Lipinski definition) is 6. The molecule has 2 amide bonds. The second kappa shape index (κ2) is 11.2. The van der Waals surface area contributed by atoms with Gasteiger partial charge in [0.2, 0.25) is 11.8 Å². The summed E-state index contributed by atoms with van der Waals surface area (Å²) in [6.07, 6.45) is -0.646. The molecule has 3 aromatic carbocycles. The Labute approximate surface area is 228 Å². The van der Waals surface area contributed by atoms with E-state index in [2.05, 4.69) is 5.32 Å². The first-order valence-electron chi connectivity index (χ1n) is 11.9. The molecule has 1 saturated heterocycles. The second-order valence-corrected chi connectivity index (χ2v) is 10.2. The van der Waals surface area contributed by atoms with Crippen molar-refractivity contribution in [3.63, 3.8) is 0 Å². The van der Waals surface area contributed by atoms with Crippen molar-refractivity contribution < 1.29 is 23.9 Å². The SMILES string of the molecule is O=C(Cc1ccccc1)NC1C(=O)N2C(C(=O)OC(c3ccccc3)c3ccccc3)C(C(=O)Cl)=CS[C@@H]12. The van der Waals surface area contributed by atoms with Gasteiger partial charge in [0.05, 0.1) is 12.0 Å². The number of rotatable bonds is 8. The number of esters is 1. The van der Waals surface area contributed by atoms with Crippen LogP contribution in [-0.2, 0) is 30.3 Å². The number of nitrogens with one attached hydrogen (secondary N) is 1. The highest BCUT2D eigenvalue weighted by molar-refractivity contribution is 8.03. The summed E-state index contributed by atoms with van der Waals surface area (Å²) in [5.74, 6) is -1.58. The van der Waals surface area contributed by atoms with Gasteiger partial charge in [0.25, 0.3) is 5.24 Å². The molecule has 1 fully saturated rings. The highest BCUT2D eigenvalue weighted by Gasteiger charge is 2.57. The lowest BCUT2D eigenvalue weighted by atomic mass is 9.97. The molecule has 2 aliphatic heterocycles. The topological polar surface area (TPSA) is 92.8 Å². The third-order valence-corrected chi connectivity index (χ3v) is 7.79. The van der Waals surface area contributed by atoms with Gasteiger partial charge in [0.15, 0.2) is 12.1 Å². The van der Waals surface area contributed by atoms with Gasteiger partial charge in [-0.2, -0.15) is 0 Å². The molecule has 1 N–H and O–H groups in total. The maximum atomic E-state index is 13.6. The van der Waals surface area contributed by atoms with E-state index in [1.807, 2.05) is 91.0 Å². The Morgan fingerprint density at radius 1 is 0.895 bits per heavy atom. The summed E-state index contributed by atoms with van der Waals surface area (Å²) in [4.78, 5) is 52.9. The minimum Gasteiger partial charge on any atom is -0.451 e. The first-order valence-corrected chi connectivity index (χ1v) is 13.3. The van der Waals surface area contributed by atoms with Crippen LogP contribution in [0.1, 0.15) is 22.8 Å². The van der Waals surface area contributed by atoms with Crippen molar-refractivity contribution in [3.05, 3.63) is 119 Å². The van der Waals surface area contributed by atoms with E-state index in [9.17, 15) is 19.2 Å². The number of nitrogens with zero attached hydrogens (tertiary/aromatic N) is 1. The molecule has 0 radical (unpaired) electrons. The van der Waals surface area contributed by atoms with Crippen molar-refractivity contribution in [3.8, 4) is 0 Å². The molecule has 192 valence electrons. The van der Waals surface area contributed by atoms with Gasteiger partial charge < -0.3 is 15.0 Å². The Balaban J connectivity index is 1.37. The fraction of sp³-hybridized carbons (Fsp3) is 0.172. The van der Waals surface area contributed by atoms with Crippen LogP contribution in [0.15, 0.2) is 102 Å². The number of carbonyl (C=O) groups excluding carboxylic acids is 4. The van der Waals surface area contributed by atoms with Crippen molar-refractivity contribution in [2.75, 3.05) is 0 Å². The van der Waals surface area contributed by atoms with Gasteiger partial charge in [0, 0.05) is 0 Å². The lowest BCUT2D eigenvalue weighted by molar-refractivity contribution is -0.165. The van der Waals surface area contributed by atoms with Crippen molar-refractivity contribution in [2.45, 2.75) is 30.0 Å². The van der Waals surface area contributed by atoms with Crippen molar-refractivity contribution in [1.82, 2.24) is 10.2 Å². The van der Waals surface area contributed by atoms with Crippen molar-refractivity contribution >= 4 is 46.4 Å². The van der Waals surface area contributed by atoms with Gasteiger partial charge in [-0.15, -0.1) is 11.8 Å². The average Bonchev–Trinajstić information content (AvgIpc) is 2.95. The number of hydrogen-bond donors (Lipinski definition) is 1. The summed E-state index contributed by atoms with van der Waals surface area (Å²) in [7, 11) is 0. The predicted octanol–water partition coefficient (Wildman–Crippen LogP) is 3.98. The fourth-order valence-electron chi connectivity index (χ4n) is 4.56. The molecule has 9 heteroatoms. The van der Waals surface area contributed by atoms with E-state index >= 15 is 0 Å². The molecule has 0 saturated carbocycles. The molecule has 7 nitrogen and oxygen atoms in total. The van der Waals surface area contributed by atoms with Crippen LogP contribution in [0.3, 0.4) is 0 Å².